The predicted octanol–water partition coefficient (Wildman–Crippen LogP) is 4.08. The number of esters is 1. The SMILES string of the molecule is COc1ccc(C(=O)N/N=C\c2ccc(OC(=O)/C=C/c3ccccc3)cc2)cc1. The van der Waals surface area contributed by atoms with Gasteiger partial charge >= 0.3 is 5.97 Å². The number of hydrazone groups is 1. The number of hydrogen-bond acceptors (Lipinski definition) is 5. The Labute approximate surface area is 174 Å². The zero-order valence-corrected chi connectivity index (χ0v) is 16.3. The number of hydrogen-bond donors (Lipinski definition) is 1. The molecule has 1 N–H and O–H groups in total. The van der Waals surface area contributed by atoms with Crippen molar-refractivity contribution in [1.29, 1.82) is 0 Å². The minimum atomic E-state index is -0.466. The third kappa shape index (κ3) is 6.17. The molecule has 0 aromatic heterocycles. The second kappa shape index (κ2) is 10.4. The second-order valence-corrected chi connectivity index (χ2v) is 6.16. The van der Waals surface area contributed by atoms with Crippen LogP contribution in [0.5, 0.6) is 11.5 Å². The summed E-state index contributed by atoms with van der Waals surface area (Å²) in [5.74, 6) is 0.292. The lowest BCUT2D eigenvalue weighted by molar-refractivity contribution is -0.128. The average molecular weight is 400 g/mol. The molecule has 3 rings (SSSR count). The summed E-state index contributed by atoms with van der Waals surface area (Å²) in [4.78, 5) is 23.9. The minimum Gasteiger partial charge on any atom is -0.497 e. The molecule has 6 nitrogen and oxygen atoms in total. The van der Waals surface area contributed by atoms with Crippen LogP contribution in [0, 0.1) is 0 Å². The number of benzene rings is 3. The molecular weight excluding hydrogens is 380 g/mol. The van der Waals surface area contributed by atoms with E-state index in [9.17, 15) is 9.59 Å². The smallest absolute Gasteiger partial charge is 0.336 e. The van der Waals surface area contributed by atoms with Crippen LogP contribution >= 0.6 is 0 Å². The van der Waals surface area contributed by atoms with Gasteiger partial charge in [0.05, 0.1) is 13.3 Å². The number of rotatable bonds is 7. The van der Waals surface area contributed by atoms with Gasteiger partial charge in [-0.1, -0.05) is 30.3 Å². The standard InChI is InChI=1S/C24H20N2O4/c1-29-21-14-10-20(11-15-21)24(28)26-25-17-19-7-12-22(13-8-19)30-23(27)16-9-18-5-3-2-4-6-18/h2-17H,1H3,(H,26,28)/b16-9+,25-17-. The van der Waals surface area contributed by atoms with Crippen molar-refractivity contribution in [3.05, 3.63) is 102 Å². The van der Waals surface area contributed by atoms with Crippen molar-refractivity contribution >= 4 is 24.2 Å². The molecule has 150 valence electrons. The minimum absolute atomic E-state index is 0.329. The first kappa shape index (κ1) is 20.5. The van der Waals surface area contributed by atoms with Gasteiger partial charge in [0, 0.05) is 11.6 Å². The zero-order valence-electron chi connectivity index (χ0n) is 16.3. The average Bonchev–Trinajstić information content (AvgIpc) is 2.79. The number of carbonyl (C=O) groups is 2. The Hall–Kier alpha value is -4.19. The third-order valence-electron chi connectivity index (χ3n) is 4.04. The number of carbonyl (C=O) groups excluding carboxylic acids is 2. The van der Waals surface area contributed by atoms with Gasteiger partial charge in [0.2, 0.25) is 0 Å². The van der Waals surface area contributed by atoms with Gasteiger partial charge in [-0.05, 0) is 65.7 Å². The highest BCUT2D eigenvalue weighted by Gasteiger charge is 2.04. The van der Waals surface area contributed by atoms with Gasteiger partial charge < -0.3 is 9.47 Å². The van der Waals surface area contributed by atoms with Crippen LogP contribution in [0.15, 0.2) is 90.0 Å². The van der Waals surface area contributed by atoms with E-state index < -0.39 is 5.97 Å². The van der Waals surface area contributed by atoms with E-state index in [2.05, 4.69) is 10.5 Å². The fourth-order valence-corrected chi connectivity index (χ4v) is 2.47. The van der Waals surface area contributed by atoms with Gasteiger partial charge in [-0.3, -0.25) is 4.79 Å². The summed E-state index contributed by atoms with van der Waals surface area (Å²) in [6.45, 7) is 0. The Morgan fingerprint density at radius 2 is 1.50 bits per heavy atom. The molecule has 0 radical (unpaired) electrons. The molecule has 0 spiro atoms. The number of nitrogens with one attached hydrogen (secondary N) is 1. The summed E-state index contributed by atoms with van der Waals surface area (Å²) >= 11 is 0. The van der Waals surface area contributed by atoms with Gasteiger partial charge in [-0.25, -0.2) is 10.2 Å². The van der Waals surface area contributed by atoms with Crippen molar-refractivity contribution in [2.24, 2.45) is 5.10 Å². The predicted molar refractivity (Wildman–Crippen MR) is 116 cm³/mol. The van der Waals surface area contributed by atoms with Gasteiger partial charge in [-0.15, -0.1) is 0 Å². The molecule has 0 aliphatic carbocycles. The Kier molecular flexibility index (Phi) is 7.11. The summed E-state index contributed by atoms with van der Waals surface area (Å²) in [7, 11) is 1.56. The van der Waals surface area contributed by atoms with Gasteiger partial charge in [-0.2, -0.15) is 5.10 Å². The summed E-state index contributed by atoms with van der Waals surface area (Å²) in [6, 6.07) is 23.0. The van der Waals surface area contributed by atoms with Crippen molar-refractivity contribution in [3.8, 4) is 11.5 Å². The van der Waals surface area contributed by atoms with E-state index in [0.717, 1.165) is 11.1 Å². The first-order valence-electron chi connectivity index (χ1n) is 9.16. The van der Waals surface area contributed by atoms with Crippen LogP contribution in [0.3, 0.4) is 0 Å². The molecule has 6 heteroatoms. The monoisotopic (exact) mass is 400 g/mol. The Bertz CT molecular complexity index is 1040. The van der Waals surface area contributed by atoms with E-state index in [1.54, 1.807) is 61.7 Å². The van der Waals surface area contributed by atoms with E-state index in [4.69, 9.17) is 9.47 Å². The molecule has 0 atom stereocenters. The number of methoxy groups -OCH3 is 1. The Balaban J connectivity index is 1.50. The summed E-state index contributed by atoms with van der Waals surface area (Å²) < 4.78 is 10.3. The molecule has 3 aromatic rings. The molecule has 0 heterocycles. The van der Waals surface area contributed by atoms with Crippen molar-refractivity contribution in [3.63, 3.8) is 0 Å². The highest BCUT2D eigenvalue weighted by atomic mass is 16.5. The molecule has 0 saturated heterocycles. The maximum Gasteiger partial charge on any atom is 0.336 e. The summed E-state index contributed by atoms with van der Waals surface area (Å²) in [6.07, 6.45) is 4.57. The Morgan fingerprint density at radius 3 is 2.17 bits per heavy atom. The molecule has 3 aromatic carbocycles. The normalized spacial score (nSPS) is 10.8. The van der Waals surface area contributed by atoms with Crippen LogP contribution in [0.25, 0.3) is 6.08 Å². The molecule has 0 saturated carbocycles. The molecule has 1 amide bonds. The molecule has 0 bridgehead atoms. The van der Waals surface area contributed by atoms with E-state index in [1.807, 2.05) is 30.3 Å². The number of nitrogens with zero attached hydrogens (tertiary/aromatic N) is 1. The van der Waals surface area contributed by atoms with Crippen LogP contribution in [-0.2, 0) is 4.79 Å². The highest BCUT2D eigenvalue weighted by Crippen LogP contribution is 2.13. The number of amides is 1. The van der Waals surface area contributed by atoms with Gasteiger partial charge in [0.1, 0.15) is 11.5 Å². The van der Waals surface area contributed by atoms with E-state index in [0.29, 0.717) is 17.1 Å². The van der Waals surface area contributed by atoms with Crippen LogP contribution in [0.4, 0.5) is 0 Å². The van der Waals surface area contributed by atoms with E-state index in [-0.39, 0.29) is 5.91 Å². The highest BCUT2D eigenvalue weighted by molar-refractivity contribution is 5.95. The molecule has 0 aliphatic rings. The molecule has 0 unspecified atom stereocenters. The maximum absolute atomic E-state index is 12.0. The third-order valence-corrected chi connectivity index (χ3v) is 4.04. The van der Waals surface area contributed by atoms with Crippen LogP contribution in [-0.4, -0.2) is 25.2 Å². The van der Waals surface area contributed by atoms with Gasteiger partial charge in [0.25, 0.3) is 5.91 Å². The van der Waals surface area contributed by atoms with Crippen molar-refractivity contribution in [1.82, 2.24) is 5.43 Å². The molecule has 30 heavy (non-hydrogen) atoms. The summed E-state index contributed by atoms with van der Waals surface area (Å²) in [5.41, 5.74) is 4.59. The molecule has 0 aliphatic heterocycles. The van der Waals surface area contributed by atoms with Crippen molar-refractivity contribution in [2.45, 2.75) is 0 Å². The lowest BCUT2D eigenvalue weighted by Gasteiger charge is -2.03. The van der Waals surface area contributed by atoms with Gasteiger partial charge in [0.15, 0.2) is 0 Å². The largest absolute Gasteiger partial charge is 0.497 e. The van der Waals surface area contributed by atoms with Crippen molar-refractivity contribution in [2.75, 3.05) is 7.11 Å². The van der Waals surface area contributed by atoms with Crippen LogP contribution < -0.4 is 14.9 Å². The second-order valence-electron chi connectivity index (χ2n) is 6.16. The first-order chi connectivity index (χ1) is 14.6. The Morgan fingerprint density at radius 1 is 0.833 bits per heavy atom. The van der Waals surface area contributed by atoms with Crippen LogP contribution in [0.2, 0.25) is 0 Å². The zero-order chi connectivity index (χ0) is 21.2. The summed E-state index contributed by atoms with van der Waals surface area (Å²) in [5, 5.41) is 3.94. The first-order valence-corrected chi connectivity index (χ1v) is 9.16. The fraction of sp³-hybridized carbons (Fsp3) is 0.0417. The topological polar surface area (TPSA) is 77.0 Å². The van der Waals surface area contributed by atoms with E-state index in [1.165, 1.54) is 12.3 Å². The molecular formula is C24H20N2O4. The van der Waals surface area contributed by atoms with Crippen molar-refractivity contribution < 1.29 is 19.1 Å². The molecule has 0 fully saturated rings. The lowest BCUT2D eigenvalue weighted by atomic mass is 10.2. The van der Waals surface area contributed by atoms with Crippen LogP contribution in [0.1, 0.15) is 21.5 Å². The maximum atomic E-state index is 12.0. The quantitative estimate of drug-likeness (QED) is 0.213. The number of ether oxygens (including phenoxy) is 2. The van der Waals surface area contributed by atoms with E-state index >= 15 is 0 Å². The lowest BCUT2D eigenvalue weighted by Crippen LogP contribution is -2.17. The fourth-order valence-electron chi connectivity index (χ4n) is 2.47.